The fraction of sp³-hybridized carbons (Fsp3) is 0.462. The summed E-state index contributed by atoms with van der Waals surface area (Å²) in [4.78, 5) is 29.2. The third-order valence-corrected chi connectivity index (χ3v) is 8.50. The van der Waals surface area contributed by atoms with Crippen LogP contribution in [0.5, 0.6) is 17.2 Å². The minimum atomic E-state index is -0.399. The van der Waals surface area contributed by atoms with Crippen LogP contribution in [0.4, 0.5) is 16.2 Å². The van der Waals surface area contributed by atoms with Crippen molar-refractivity contribution in [1.82, 2.24) is 10.2 Å². The number of benzene rings is 2. The van der Waals surface area contributed by atoms with Crippen LogP contribution in [0.15, 0.2) is 35.2 Å². The zero-order valence-electron chi connectivity index (χ0n) is 20.8. The summed E-state index contributed by atoms with van der Waals surface area (Å²) in [7, 11) is 4.57. The van der Waals surface area contributed by atoms with Gasteiger partial charge in [0.1, 0.15) is 0 Å². The summed E-state index contributed by atoms with van der Waals surface area (Å²) in [5.74, 6) is 2.07. The van der Waals surface area contributed by atoms with Crippen molar-refractivity contribution in [2.75, 3.05) is 51.6 Å². The number of urea groups is 1. The lowest BCUT2D eigenvalue weighted by Gasteiger charge is -2.45. The lowest BCUT2D eigenvalue weighted by atomic mass is 9.84. The molecule has 3 amide bonds. The number of thioether (sulfide) groups is 1. The standard InChI is InChI=1S/C26H32N4O5S/c1-33-20-11-18(12-21(34-2)24(20)35-3)28-26(32)27-17-5-4-16-10-23(36-22(16)13-17)25(31)29-19-14-30-8-6-15(19)7-9-30/h4-5,11-13,15,19,23H,6-10,14H2,1-3H3,(H,29,31)(H2,27,28,32)/t19-,23?/m0/s1. The maximum Gasteiger partial charge on any atom is 0.323 e. The van der Waals surface area contributed by atoms with E-state index in [1.807, 2.05) is 18.2 Å². The van der Waals surface area contributed by atoms with E-state index in [4.69, 9.17) is 14.2 Å². The molecule has 0 aromatic heterocycles. The monoisotopic (exact) mass is 512 g/mol. The Morgan fingerprint density at radius 3 is 2.25 bits per heavy atom. The van der Waals surface area contributed by atoms with Gasteiger partial charge in [-0.3, -0.25) is 4.79 Å². The van der Waals surface area contributed by atoms with Gasteiger partial charge in [0, 0.05) is 35.3 Å². The van der Waals surface area contributed by atoms with Gasteiger partial charge in [0.25, 0.3) is 0 Å². The van der Waals surface area contributed by atoms with Crippen molar-refractivity contribution in [2.45, 2.75) is 35.4 Å². The summed E-state index contributed by atoms with van der Waals surface area (Å²) in [5, 5.41) is 8.85. The predicted molar refractivity (Wildman–Crippen MR) is 140 cm³/mol. The number of ether oxygens (including phenoxy) is 3. The Kier molecular flexibility index (Phi) is 7.15. The van der Waals surface area contributed by atoms with Gasteiger partial charge in [0.15, 0.2) is 11.5 Å². The zero-order chi connectivity index (χ0) is 25.2. The first-order valence-corrected chi connectivity index (χ1v) is 13.1. The van der Waals surface area contributed by atoms with Crippen LogP contribution in [-0.4, -0.2) is 69.1 Å². The Morgan fingerprint density at radius 2 is 1.64 bits per heavy atom. The van der Waals surface area contributed by atoms with Gasteiger partial charge in [0.05, 0.1) is 32.3 Å². The molecule has 2 aromatic rings. The molecule has 192 valence electrons. The number of carbonyl (C=O) groups excluding carboxylic acids is 2. The normalized spacial score (nSPS) is 24.0. The number of nitrogens with one attached hydrogen (secondary N) is 3. The molecule has 2 atom stereocenters. The Bertz CT molecular complexity index is 1130. The largest absolute Gasteiger partial charge is 0.493 e. The minimum absolute atomic E-state index is 0.115. The van der Waals surface area contributed by atoms with Crippen LogP contribution in [0.2, 0.25) is 0 Å². The molecule has 4 heterocycles. The first-order chi connectivity index (χ1) is 17.5. The van der Waals surface area contributed by atoms with E-state index < -0.39 is 6.03 Å². The molecule has 2 aromatic carbocycles. The SMILES string of the molecule is COc1cc(NC(=O)Nc2ccc3c(c2)SC(C(=O)N[C@H]2CN4CCC2CC4)C3)cc(OC)c1OC. The van der Waals surface area contributed by atoms with Gasteiger partial charge >= 0.3 is 6.03 Å². The van der Waals surface area contributed by atoms with Gasteiger partial charge in [0.2, 0.25) is 11.7 Å². The number of hydrogen-bond donors (Lipinski definition) is 3. The molecule has 6 rings (SSSR count). The summed E-state index contributed by atoms with van der Waals surface area (Å²) in [6, 6.07) is 8.97. The molecule has 0 saturated carbocycles. The molecule has 0 spiro atoms. The highest BCUT2D eigenvalue weighted by Crippen LogP contribution is 2.41. The average molecular weight is 513 g/mol. The van der Waals surface area contributed by atoms with Gasteiger partial charge in [-0.2, -0.15) is 0 Å². The molecule has 10 heteroatoms. The lowest BCUT2D eigenvalue weighted by molar-refractivity contribution is -0.122. The van der Waals surface area contributed by atoms with Gasteiger partial charge in [-0.05, 0) is 56.0 Å². The first kappa shape index (κ1) is 24.6. The number of anilines is 2. The van der Waals surface area contributed by atoms with E-state index in [2.05, 4.69) is 20.9 Å². The summed E-state index contributed by atoms with van der Waals surface area (Å²) in [6.45, 7) is 3.28. The van der Waals surface area contributed by atoms with Crippen LogP contribution >= 0.6 is 11.8 Å². The maximum atomic E-state index is 13.0. The molecular formula is C26H32N4O5S. The molecule has 4 aliphatic heterocycles. The molecule has 1 unspecified atom stereocenters. The number of fused-ring (bicyclic) bond motifs is 4. The number of rotatable bonds is 7. The van der Waals surface area contributed by atoms with Crippen molar-refractivity contribution in [3.05, 3.63) is 35.9 Å². The molecule has 0 aliphatic carbocycles. The minimum Gasteiger partial charge on any atom is -0.493 e. The van der Waals surface area contributed by atoms with Crippen molar-refractivity contribution in [2.24, 2.45) is 5.92 Å². The molecule has 0 radical (unpaired) electrons. The molecule has 4 aliphatic rings. The first-order valence-electron chi connectivity index (χ1n) is 12.2. The second kappa shape index (κ2) is 10.5. The quantitative estimate of drug-likeness (QED) is 0.521. The topological polar surface area (TPSA) is 101 Å². The third-order valence-electron chi connectivity index (χ3n) is 7.20. The Morgan fingerprint density at radius 1 is 0.944 bits per heavy atom. The molecule has 3 fully saturated rings. The summed E-state index contributed by atoms with van der Waals surface area (Å²) < 4.78 is 16.0. The van der Waals surface area contributed by atoms with E-state index in [9.17, 15) is 9.59 Å². The zero-order valence-corrected chi connectivity index (χ0v) is 21.6. The van der Waals surface area contributed by atoms with Crippen LogP contribution in [-0.2, 0) is 11.2 Å². The van der Waals surface area contributed by atoms with Crippen LogP contribution in [0, 0.1) is 5.92 Å². The smallest absolute Gasteiger partial charge is 0.323 e. The van der Waals surface area contributed by atoms with E-state index in [1.165, 1.54) is 34.2 Å². The second-order valence-electron chi connectivity index (χ2n) is 9.38. The van der Waals surface area contributed by atoms with E-state index in [0.29, 0.717) is 41.0 Å². The van der Waals surface area contributed by atoms with Crippen molar-refractivity contribution in [1.29, 1.82) is 0 Å². The van der Waals surface area contributed by atoms with Crippen LogP contribution in [0.1, 0.15) is 18.4 Å². The van der Waals surface area contributed by atoms with Crippen molar-refractivity contribution < 1.29 is 23.8 Å². The molecule has 3 N–H and O–H groups in total. The second-order valence-corrected chi connectivity index (χ2v) is 10.6. The van der Waals surface area contributed by atoms with E-state index in [1.54, 1.807) is 23.9 Å². The van der Waals surface area contributed by atoms with E-state index in [-0.39, 0.29) is 17.2 Å². The molecule has 36 heavy (non-hydrogen) atoms. The maximum absolute atomic E-state index is 13.0. The summed E-state index contributed by atoms with van der Waals surface area (Å²) >= 11 is 1.57. The van der Waals surface area contributed by atoms with Crippen LogP contribution in [0.25, 0.3) is 0 Å². The van der Waals surface area contributed by atoms with Crippen LogP contribution in [0.3, 0.4) is 0 Å². The molecule has 2 bridgehead atoms. The number of hydrogen-bond acceptors (Lipinski definition) is 7. The molecule has 3 saturated heterocycles. The Hall–Kier alpha value is -3.11. The highest BCUT2D eigenvalue weighted by atomic mass is 32.2. The predicted octanol–water partition coefficient (Wildman–Crippen LogP) is 3.58. The van der Waals surface area contributed by atoms with Crippen molar-refractivity contribution >= 4 is 35.1 Å². The number of nitrogens with zero attached hydrogens (tertiary/aromatic N) is 1. The summed E-state index contributed by atoms with van der Waals surface area (Å²) in [5.41, 5.74) is 2.29. The number of piperidine rings is 3. The Balaban J connectivity index is 1.19. The van der Waals surface area contributed by atoms with Crippen molar-refractivity contribution in [3.63, 3.8) is 0 Å². The average Bonchev–Trinajstić information content (AvgIpc) is 3.32. The van der Waals surface area contributed by atoms with Crippen LogP contribution < -0.4 is 30.2 Å². The van der Waals surface area contributed by atoms with Gasteiger partial charge in [-0.1, -0.05) is 6.07 Å². The number of carbonyl (C=O) groups is 2. The Labute approximate surface area is 215 Å². The van der Waals surface area contributed by atoms with Gasteiger partial charge in [-0.25, -0.2) is 4.79 Å². The number of methoxy groups -OCH3 is 3. The van der Waals surface area contributed by atoms with E-state index >= 15 is 0 Å². The molecule has 9 nitrogen and oxygen atoms in total. The van der Waals surface area contributed by atoms with Gasteiger partial charge in [-0.15, -0.1) is 11.8 Å². The summed E-state index contributed by atoms with van der Waals surface area (Å²) in [6.07, 6.45) is 3.05. The third kappa shape index (κ3) is 5.05. The highest BCUT2D eigenvalue weighted by Gasteiger charge is 2.37. The fourth-order valence-electron chi connectivity index (χ4n) is 5.30. The van der Waals surface area contributed by atoms with E-state index in [0.717, 1.165) is 30.1 Å². The highest BCUT2D eigenvalue weighted by molar-refractivity contribution is 8.01. The van der Waals surface area contributed by atoms with Gasteiger partial charge < -0.3 is 35.1 Å². The fourth-order valence-corrected chi connectivity index (χ4v) is 6.54. The molecular weight excluding hydrogens is 480 g/mol. The lowest BCUT2D eigenvalue weighted by Crippen LogP contribution is -2.58. The van der Waals surface area contributed by atoms with Crippen molar-refractivity contribution in [3.8, 4) is 17.2 Å². The number of amides is 3.